The zero-order chi connectivity index (χ0) is 23.0. The monoisotopic (exact) mass is 616 g/mol. The molecule has 32 heavy (non-hydrogen) atoms. The minimum atomic E-state index is -4.97. The molecular formula is C17H10Cl8NO5Si-. The second-order valence-corrected chi connectivity index (χ2v) is 13.5. The average molecular weight is 620 g/mol. The summed E-state index contributed by atoms with van der Waals surface area (Å²) in [4.78, 5) is 1.99. The van der Waals surface area contributed by atoms with E-state index < -0.39 is 8.33 Å². The van der Waals surface area contributed by atoms with Crippen molar-refractivity contribution in [3.63, 3.8) is 0 Å². The Morgan fingerprint density at radius 3 is 1.16 bits per heavy atom. The first-order valence-corrected chi connectivity index (χ1v) is 14.4. The Labute approximate surface area is 222 Å². The van der Waals surface area contributed by atoms with Crippen molar-refractivity contribution in [2.24, 2.45) is 0 Å². The molecule has 1 saturated heterocycles. The number of halogens is 8. The van der Waals surface area contributed by atoms with Gasteiger partial charge in [0.25, 0.3) is 0 Å². The van der Waals surface area contributed by atoms with Crippen LogP contribution in [0.25, 0.3) is 0 Å². The Hall–Kier alpha value is 0.0969. The van der Waals surface area contributed by atoms with Gasteiger partial charge in [-0.3, -0.25) is 0 Å². The number of morpholine rings is 1. The molecule has 2 aromatic carbocycles. The number of benzene rings is 2. The van der Waals surface area contributed by atoms with E-state index in [2.05, 4.69) is 0 Å². The molecule has 1 spiro atoms. The maximum atomic E-state index is 6.41. The molecule has 3 heterocycles. The van der Waals surface area contributed by atoms with Gasteiger partial charge in [-0.1, -0.05) is 0 Å². The zero-order valence-electron chi connectivity index (χ0n) is 15.5. The predicted octanol–water partition coefficient (Wildman–Crippen LogP) is 7.42. The predicted molar refractivity (Wildman–Crippen MR) is 128 cm³/mol. The van der Waals surface area contributed by atoms with E-state index in [-0.39, 0.29) is 69.3 Å². The van der Waals surface area contributed by atoms with E-state index in [1.165, 1.54) is 0 Å². The number of fused-ring (bicyclic) bond motifs is 2. The van der Waals surface area contributed by atoms with Gasteiger partial charge in [0.15, 0.2) is 0 Å². The molecule has 0 unspecified atom stereocenters. The Bertz CT molecular complexity index is 1010. The zero-order valence-corrected chi connectivity index (χ0v) is 22.6. The number of hydrogen-bond acceptors (Lipinski definition) is 6. The summed E-state index contributed by atoms with van der Waals surface area (Å²) < 4.78 is 30.7. The summed E-state index contributed by atoms with van der Waals surface area (Å²) in [7, 11) is -4.97. The van der Waals surface area contributed by atoms with Crippen LogP contribution in [0.5, 0.6) is 23.0 Å². The second-order valence-electron chi connectivity index (χ2n) is 7.20. The molecule has 0 radical (unpaired) electrons. The van der Waals surface area contributed by atoms with Crippen molar-refractivity contribution in [3.8, 4) is 23.0 Å². The van der Waals surface area contributed by atoms with E-state index >= 15 is 0 Å². The van der Waals surface area contributed by atoms with Crippen LogP contribution in [-0.2, 0) is 4.74 Å². The number of hydrogen-bond donors (Lipinski definition) is 0. The SMILES string of the molecule is Clc1c(Cl)c(Cl)c2c(c1Cl)O[Si-]1(CN3CCOCC3)(O2)Oc2c(Cl)c(Cl)c(Cl)c(Cl)c2O1. The average Bonchev–Trinajstić information content (AvgIpc) is 3.30. The van der Waals surface area contributed by atoms with Crippen LogP contribution in [0.1, 0.15) is 0 Å². The van der Waals surface area contributed by atoms with Gasteiger partial charge in [-0.25, -0.2) is 0 Å². The Morgan fingerprint density at radius 1 is 0.531 bits per heavy atom. The van der Waals surface area contributed by atoms with Gasteiger partial charge in [-0.05, 0) is 0 Å². The molecule has 2 aromatic rings. The number of ether oxygens (including phenoxy) is 1. The molecule has 0 N–H and O–H groups in total. The van der Waals surface area contributed by atoms with Crippen molar-refractivity contribution in [1.82, 2.24) is 4.90 Å². The van der Waals surface area contributed by atoms with Crippen LogP contribution in [0.4, 0.5) is 0 Å². The quantitative estimate of drug-likeness (QED) is 0.198. The fraction of sp³-hybridized carbons (Fsp3) is 0.294. The normalized spacial score (nSPS) is 21.6. The number of nitrogens with zero attached hydrogens (tertiary/aromatic N) is 1. The van der Waals surface area contributed by atoms with E-state index in [0.29, 0.717) is 26.3 Å². The van der Waals surface area contributed by atoms with E-state index in [0.717, 1.165) is 0 Å². The van der Waals surface area contributed by atoms with Crippen LogP contribution in [-0.4, -0.2) is 45.7 Å². The summed E-state index contributed by atoms with van der Waals surface area (Å²) in [6.45, 7) is 2.10. The van der Waals surface area contributed by atoms with Gasteiger partial charge in [-0.2, -0.15) is 0 Å². The van der Waals surface area contributed by atoms with Crippen LogP contribution >= 0.6 is 92.8 Å². The first-order chi connectivity index (χ1) is 15.1. The topological polar surface area (TPSA) is 49.4 Å². The van der Waals surface area contributed by atoms with Gasteiger partial charge in [0.1, 0.15) is 0 Å². The summed E-state index contributed by atoms with van der Waals surface area (Å²) in [6.07, 6.45) is 0.0521. The summed E-state index contributed by atoms with van der Waals surface area (Å²) in [5, 5.41) is -0.0730. The van der Waals surface area contributed by atoms with Crippen LogP contribution < -0.4 is 17.7 Å². The standard InChI is InChI=1S/C17H10Cl8NO5Si/c18-6-7(19)11(23)15-14(10(6)22)28-32(29-15,5-26-1-3-27-4-2-26)30-16-12(24)8(20)9(21)13(25)17(16)31-32/h1-5H2/q-1. The van der Waals surface area contributed by atoms with Gasteiger partial charge in [0.2, 0.25) is 0 Å². The van der Waals surface area contributed by atoms with Crippen molar-refractivity contribution >= 4 is 101 Å². The van der Waals surface area contributed by atoms with Gasteiger partial charge in [-0.15, -0.1) is 0 Å². The molecular weight excluding hydrogens is 610 g/mol. The van der Waals surface area contributed by atoms with Crippen molar-refractivity contribution in [2.45, 2.75) is 0 Å². The van der Waals surface area contributed by atoms with E-state index in [9.17, 15) is 0 Å². The Morgan fingerprint density at radius 2 is 0.844 bits per heavy atom. The first-order valence-electron chi connectivity index (χ1n) is 9.02. The van der Waals surface area contributed by atoms with Crippen LogP contribution in [0.15, 0.2) is 0 Å². The second kappa shape index (κ2) is 8.07. The van der Waals surface area contributed by atoms with Gasteiger partial charge < -0.3 is 0 Å². The summed E-state index contributed by atoms with van der Waals surface area (Å²) in [5.41, 5.74) is 0. The van der Waals surface area contributed by atoms with Gasteiger partial charge in [0.05, 0.1) is 0 Å². The third-order valence-corrected chi connectivity index (χ3v) is 12.0. The molecule has 6 nitrogen and oxygen atoms in total. The van der Waals surface area contributed by atoms with E-state index in [1.807, 2.05) is 4.90 Å². The molecule has 0 aliphatic carbocycles. The maximum absolute atomic E-state index is 6.41. The molecule has 0 atom stereocenters. The summed E-state index contributed by atoms with van der Waals surface area (Å²) >= 11 is 50.6. The summed E-state index contributed by atoms with van der Waals surface area (Å²) in [5.74, 6) is 0.129. The molecule has 0 saturated carbocycles. The third kappa shape index (κ3) is 3.44. The van der Waals surface area contributed by atoms with Crippen molar-refractivity contribution < 1.29 is 22.4 Å². The Balaban J connectivity index is 1.70. The van der Waals surface area contributed by atoms with Crippen LogP contribution in [0, 0.1) is 0 Å². The third-order valence-electron chi connectivity index (χ3n) is 5.15. The molecule has 15 heteroatoms. The summed E-state index contributed by atoms with van der Waals surface area (Å²) in [6, 6.07) is 0. The van der Waals surface area contributed by atoms with Crippen molar-refractivity contribution in [1.29, 1.82) is 0 Å². The molecule has 5 rings (SSSR count). The van der Waals surface area contributed by atoms with Crippen molar-refractivity contribution in [3.05, 3.63) is 40.2 Å². The van der Waals surface area contributed by atoms with E-state index in [1.54, 1.807) is 0 Å². The van der Waals surface area contributed by atoms with E-state index in [4.69, 9.17) is 115 Å². The van der Waals surface area contributed by atoms with Crippen molar-refractivity contribution in [2.75, 3.05) is 32.5 Å². The molecule has 0 amide bonds. The molecule has 3 aliphatic heterocycles. The molecule has 174 valence electrons. The molecule has 1 fully saturated rings. The number of rotatable bonds is 2. The van der Waals surface area contributed by atoms with Gasteiger partial charge in [0, 0.05) is 0 Å². The molecule has 3 aliphatic rings. The van der Waals surface area contributed by atoms with Crippen LogP contribution in [0.3, 0.4) is 0 Å². The molecule has 0 aromatic heterocycles. The van der Waals surface area contributed by atoms with Crippen LogP contribution in [0.2, 0.25) is 40.2 Å². The fourth-order valence-electron chi connectivity index (χ4n) is 3.71. The first kappa shape index (κ1) is 23.8. The molecule has 0 bridgehead atoms. The minimum absolute atomic E-state index is 0.00618. The van der Waals surface area contributed by atoms with Gasteiger partial charge >= 0.3 is 224 Å². The Kier molecular flexibility index (Phi) is 6.00. The fourth-order valence-corrected chi connectivity index (χ4v) is 9.67.